The normalized spacial score (nSPS) is 10.0. The minimum atomic E-state index is -0.232. The van der Waals surface area contributed by atoms with Crippen LogP contribution in [-0.2, 0) is 11.2 Å². The molecular weight excluding hydrogens is 292 g/mol. The summed E-state index contributed by atoms with van der Waals surface area (Å²) in [6.45, 7) is 3.46. The lowest BCUT2D eigenvalue weighted by molar-refractivity contribution is -0.114. The minimum absolute atomic E-state index is 0.176. The molecule has 5 nitrogen and oxygen atoms in total. The average Bonchev–Trinajstić information content (AvgIpc) is 2.54. The van der Waals surface area contributed by atoms with Gasteiger partial charge in [0.05, 0.1) is 7.11 Å². The summed E-state index contributed by atoms with van der Waals surface area (Å²) in [6, 6.07) is 12.3. The van der Waals surface area contributed by atoms with Gasteiger partial charge in [0.1, 0.15) is 5.75 Å². The van der Waals surface area contributed by atoms with E-state index in [9.17, 15) is 9.59 Å². The third kappa shape index (κ3) is 4.32. The molecule has 0 heterocycles. The second-order valence-corrected chi connectivity index (χ2v) is 5.10. The van der Waals surface area contributed by atoms with Crippen molar-refractivity contribution in [3.05, 3.63) is 53.6 Å². The number of ether oxygens (including phenoxy) is 1. The van der Waals surface area contributed by atoms with Gasteiger partial charge in [0.2, 0.25) is 5.91 Å². The fourth-order valence-corrected chi connectivity index (χ4v) is 2.28. The average molecular weight is 312 g/mol. The first kappa shape index (κ1) is 16.5. The van der Waals surface area contributed by atoms with Crippen molar-refractivity contribution in [2.45, 2.75) is 20.3 Å². The summed E-state index contributed by atoms with van der Waals surface area (Å²) >= 11 is 0. The highest BCUT2D eigenvalue weighted by Gasteiger charge is 2.09. The Morgan fingerprint density at radius 3 is 2.43 bits per heavy atom. The first-order valence-electron chi connectivity index (χ1n) is 7.39. The molecule has 2 rings (SSSR count). The van der Waals surface area contributed by atoms with Gasteiger partial charge >= 0.3 is 0 Å². The van der Waals surface area contributed by atoms with Gasteiger partial charge in [-0.05, 0) is 48.4 Å². The van der Waals surface area contributed by atoms with E-state index in [0.29, 0.717) is 16.9 Å². The largest absolute Gasteiger partial charge is 0.496 e. The van der Waals surface area contributed by atoms with Gasteiger partial charge in [-0.3, -0.25) is 9.59 Å². The fraction of sp³-hybridized carbons (Fsp3) is 0.222. The molecule has 0 radical (unpaired) electrons. The highest BCUT2D eigenvalue weighted by molar-refractivity contribution is 6.05. The molecule has 23 heavy (non-hydrogen) atoms. The van der Waals surface area contributed by atoms with E-state index in [-0.39, 0.29) is 11.8 Å². The lowest BCUT2D eigenvalue weighted by Gasteiger charge is -2.11. The molecule has 0 saturated heterocycles. The standard InChI is InChI=1S/C18H20N2O3/c1-4-13-10-16(8-9-17(13)23-3)20-18(22)14-6-5-7-15(11-14)19-12(2)21/h5-11H,4H2,1-3H3,(H,19,21)(H,20,22). The topological polar surface area (TPSA) is 67.4 Å². The molecule has 0 atom stereocenters. The van der Waals surface area contributed by atoms with Gasteiger partial charge in [0.25, 0.3) is 5.91 Å². The number of carbonyl (C=O) groups excluding carboxylic acids is 2. The maximum absolute atomic E-state index is 12.4. The Morgan fingerprint density at radius 2 is 1.78 bits per heavy atom. The van der Waals surface area contributed by atoms with E-state index in [1.54, 1.807) is 37.4 Å². The van der Waals surface area contributed by atoms with Crippen molar-refractivity contribution in [3.63, 3.8) is 0 Å². The van der Waals surface area contributed by atoms with Gasteiger partial charge in [-0.2, -0.15) is 0 Å². The van der Waals surface area contributed by atoms with Crippen LogP contribution in [0.1, 0.15) is 29.8 Å². The fourth-order valence-electron chi connectivity index (χ4n) is 2.28. The van der Waals surface area contributed by atoms with Crippen LogP contribution in [0.15, 0.2) is 42.5 Å². The number of hydrogen-bond acceptors (Lipinski definition) is 3. The van der Waals surface area contributed by atoms with E-state index in [2.05, 4.69) is 10.6 Å². The van der Waals surface area contributed by atoms with E-state index in [0.717, 1.165) is 17.7 Å². The van der Waals surface area contributed by atoms with Crippen LogP contribution >= 0.6 is 0 Å². The van der Waals surface area contributed by atoms with Gasteiger partial charge in [0.15, 0.2) is 0 Å². The molecule has 0 unspecified atom stereocenters. The van der Waals surface area contributed by atoms with Crippen molar-refractivity contribution in [1.29, 1.82) is 0 Å². The quantitative estimate of drug-likeness (QED) is 0.888. The van der Waals surface area contributed by atoms with E-state index in [1.807, 2.05) is 19.1 Å². The number of aryl methyl sites for hydroxylation is 1. The van der Waals surface area contributed by atoms with E-state index >= 15 is 0 Å². The summed E-state index contributed by atoms with van der Waals surface area (Å²) < 4.78 is 5.28. The van der Waals surface area contributed by atoms with Crippen molar-refractivity contribution in [2.24, 2.45) is 0 Å². The molecule has 0 aliphatic rings. The Balaban J connectivity index is 2.17. The zero-order valence-electron chi connectivity index (χ0n) is 13.5. The Morgan fingerprint density at radius 1 is 1.04 bits per heavy atom. The molecule has 2 amide bonds. The predicted octanol–water partition coefficient (Wildman–Crippen LogP) is 3.47. The van der Waals surface area contributed by atoms with Crippen LogP contribution in [0.4, 0.5) is 11.4 Å². The molecular formula is C18H20N2O3. The number of benzene rings is 2. The van der Waals surface area contributed by atoms with Crippen molar-refractivity contribution >= 4 is 23.2 Å². The van der Waals surface area contributed by atoms with Crippen molar-refractivity contribution < 1.29 is 14.3 Å². The number of hydrogen-bond donors (Lipinski definition) is 2. The van der Waals surface area contributed by atoms with E-state index in [1.165, 1.54) is 6.92 Å². The van der Waals surface area contributed by atoms with Crippen LogP contribution in [-0.4, -0.2) is 18.9 Å². The number of amides is 2. The minimum Gasteiger partial charge on any atom is -0.496 e. The first-order valence-corrected chi connectivity index (χ1v) is 7.39. The van der Waals surface area contributed by atoms with Gasteiger partial charge in [-0.1, -0.05) is 13.0 Å². The summed E-state index contributed by atoms with van der Waals surface area (Å²) in [5, 5.41) is 5.52. The van der Waals surface area contributed by atoms with Crippen LogP contribution in [0.5, 0.6) is 5.75 Å². The number of methoxy groups -OCH3 is 1. The number of carbonyl (C=O) groups is 2. The molecule has 2 aromatic rings. The highest BCUT2D eigenvalue weighted by atomic mass is 16.5. The Labute approximate surface area is 135 Å². The van der Waals surface area contributed by atoms with Crippen molar-refractivity contribution in [2.75, 3.05) is 17.7 Å². The Kier molecular flexibility index (Phi) is 5.36. The van der Waals surface area contributed by atoms with Crippen LogP contribution in [0, 0.1) is 0 Å². The maximum Gasteiger partial charge on any atom is 0.255 e. The second kappa shape index (κ2) is 7.45. The first-order chi connectivity index (χ1) is 11.0. The third-order valence-corrected chi connectivity index (χ3v) is 3.36. The maximum atomic E-state index is 12.4. The molecule has 0 spiro atoms. The zero-order valence-corrected chi connectivity index (χ0v) is 13.5. The number of nitrogens with one attached hydrogen (secondary N) is 2. The second-order valence-electron chi connectivity index (χ2n) is 5.10. The summed E-state index contributed by atoms with van der Waals surface area (Å²) in [4.78, 5) is 23.4. The van der Waals surface area contributed by atoms with Gasteiger partial charge < -0.3 is 15.4 Å². The van der Waals surface area contributed by atoms with Crippen LogP contribution in [0.25, 0.3) is 0 Å². The lowest BCUT2D eigenvalue weighted by atomic mass is 10.1. The van der Waals surface area contributed by atoms with Crippen molar-refractivity contribution in [3.8, 4) is 5.75 Å². The van der Waals surface area contributed by atoms with Crippen LogP contribution in [0.2, 0.25) is 0 Å². The smallest absolute Gasteiger partial charge is 0.255 e. The summed E-state index contributed by atoms with van der Waals surface area (Å²) in [5.74, 6) is 0.396. The Bertz CT molecular complexity index is 726. The summed E-state index contributed by atoms with van der Waals surface area (Å²) in [6.07, 6.45) is 0.810. The monoisotopic (exact) mass is 312 g/mol. The Hall–Kier alpha value is -2.82. The van der Waals surface area contributed by atoms with E-state index < -0.39 is 0 Å². The molecule has 0 bridgehead atoms. The molecule has 0 fully saturated rings. The molecule has 5 heteroatoms. The molecule has 0 aliphatic carbocycles. The molecule has 0 aliphatic heterocycles. The molecule has 0 saturated carbocycles. The summed E-state index contributed by atoms with van der Waals surface area (Å²) in [7, 11) is 1.63. The van der Waals surface area contributed by atoms with Gasteiger partial charge in [-0.25, -0.2) is 0 Å². The van der Waals surface area contributed by atoms with Gasteiger partial charge in [-0.15, -0.1) is 0 Å². The van der Waals surface area contributed by atoms with Crippen LogP contribution < -0.4 is 15.4 Å². The molecule has 0 aromatic heterocycles. The van der Waals surface area contributed by atoms with Gasteiger partial charge in [0, 0.05) is 23.9 Å². The summed E-state index contributed by atoms with van der Waals surface area (Å²) in [5.41, 5.74) is 2.80. The predicted molar refractivity (Wildman–Crippen MR) is 91.1 cm³/mol. The van der Waals surface area contributed by atoms with Crippen molar-refractivity contribution in [1.82, 2.24) is 0 Å². The third-order valence-electron chi connectivity index (χ3n) is 3.36. The molecule has 2 aromatic carbocycles. The SMILES string of the molecule is CCc1cc(NC(=O)c2cccc(NC(C)=O)c2)ccc1OC. The van der Waals surface area contributed by atoms with E-state index in [4.69, 9.17) is 4.74 Å². The highest BCUT2D eigenvalue weighted by Crippen LogP contribution is 2.23. The number of rotatable bonds is 5. The molecule has 2 N–H and O–H groups in total. The lowest BCUT2D eigenvalue weighted by Crippen LogP contribution is -2.13. The van der Waals surface area contributed by atoms with Crippen LogP contribution in [0.3, 0.4) is 0 Å². The zero-order chi connectivity index (χ0) is 16.8. The number of anilines is 2. The molecule has 120 valence electrons.